The van der Waals surface area contributed by atoms with E-state index in [-0.39, 0.29) is 12.0 Å². The number of alkyl carbamates (subject to hydrolysis) is 1. The number of ether oxygens (including phenoxy) is 1. The van der Waals surface area contributed by atoms with Crippen LogP contribution >= 0.6 is 11.3 Å². The summed E-state index contributed by atoms with van der Waals surface area (Å²) in [5, 5.41) is 20.1. The number of hydrogen-bond donors (Lipinski definition) is 3. The largest absolute Gasteiger partial charge is 0.444 e. The van der Waals surface area contributed by atoms with Crippen LogP contribution in [-0.2, 0) is 4.74 Å². The van der Waals surface area contributed by atoms with Crippen LogP contribution < -0.4 is 10.6 Å². The second kappa shape index (κ2) is 9.25. The number of nitrogens with one attached hydrogen (secondary N) is 2. The molecule has 2 unspecified atom stereocenters. The minimum absolute atomic E-state index is 0.275. The molecule has 3 N–H and O–H groups in total. The SMILES string of the molecule is CC(C)C(CNCC(O)c1ccsc1)CNC(=O)OC(C)(C)C. The average Bonchev–Trinajstić information content (AvgIpc) is 2.93. The highest BCUT2D eigenvalue weighted by molar-refractivity contribution is 7.07. The molecule has 1 rings (SSSR count). The fourth-order valence-electron chi connectivity index (χ4n) is 2.06. The van der Waals surface area contributed by atoms with E-state index < -0.39 is 11.7 Å². The van der Waals surface area contributed by atoms with Crippen LogP contribution in [0.5, 0.6) is 0 Å². The number of rotatable bonds is 8. The molecular formula is C17H30N2O3S. The van der Waals surface area contributed by atoms with Gasteiger partial charge in [-0.1, -0.05) is 13.8 Å². The maximum absolute atomic E-state index is 11.7. The Hall–Kier alpha value is -1.11. The van der Waals surface area contributed by atoms with E-state index in [4.69, 9.17) is 4.74 Å². The van der Waals surface area contributed by atoms with E-state index in [1.807, 2.05) is 37.6 Å². The standard InChI is InChI=1S/C17H30N2O3S/c1-12(2)14(9-19-16(21)22-17(3,4)5)8-18-10-15(20)13-6-7-23-11-13/h6-7,11-12,14-15,18,20H,8-10H2,1-5H3,(H,19,21). The van der Waals surface area contributed by atoms with Crippen molar-refractivity contribution in [1.82, 2.24) is 10.6 Å². The Labute approximate surface area is 143 Å². The van der Waals surface area contributed by atoms with E-state index in [0.717, 1.165) is 12.1 Å². The number of aliphatic hydroxyl groups is 1. The number of carbonyl (C=O) groups is 1. The van der Waals surface area contributed by atoms with E-state index in [9.17, 15) is 9.90 Å². The Bertz CT molecular complexity index is 455. The third-order valence-electron chi connectivity index (χ3n) is 3.52. The van der Waals surface area contributed by atoms with Crippen molar-refractivity contribution in [3.63, 3.8) is 0 Å². The van der Waals surface area contributed by atoms with Crippen molar-refractivity contribution in [1.29, 1.82) is 0 Å². The molecule has 1 heterocycles. The summed E-state index contributed by atoms with van der Waals surface area (Å²) in [6.07, 6.45) is -0.880. The second-order valence-electron chi connectivity index (χ2n) is 7.12. The van der Waals surface area contributed by atoms with Gasteiger partial charge in [0.1, 0.15) is 5.60 Å². The van der Waals surface area contributed by atoms with Crippen LogP contribution in [0.15, 0.2) is 16.8 Å². The highest BCUT2D eigenvalue weighted by Crippen LogP contribution is 2.16. The molecule has 0 saturated carbocycles. The molecule has 23 heavy (non-hydrogen) atoms. The van der Waals surface area contributed by atoms with E-state index in [2.05, 4.69) is 24.5 Å². The van der Waals surface area contributed by atoms with Crippen molar-refractivity contribution in [3.05, 3.63) is 22.4 Å². The Kier molecular flexibility index (Phi) is 8.02. The minimum Gasteiger partial charge on any atom is -0.444 e. The minimum atomic E-state index is -0.493. The Morgan fingerprint density at radius 1 is 1.30 bits per heavy atom. The Morgan fingerprint density at radius 2 is 2.00 bits per heavy atom. The summed E-state index contributed by atoms with van der Waals surface area (Å²) in [5.41, 5.74) is 0.454. The first kappa shape index (κ1) is 19.9. The van der Waals surface area contributed by atoms with Gasteiger partial charge in [-0.3, -0.25) is 0 Å². The zero-order chi connectivity index (χ0) is 17.5. The number of carbonyl (C=O) groups excluding carboxylic acids is 1. The molecule has 0 aromatic carbocycles. The summed E-state index contributed by atoms with van der Waals surface area (Å²) in [4.78, 5) is 11.7. The summed E-state index contributed by atoms with van der Waals surface area (Å²) < 4.78 is 5.25. The first-order chi connectivity index (χ1) is 10.7. The van der Waals surface area contributed by atoms with Gasteiger partial charge in [-0.2, -0.15) is 11.3 Å². The number of aliphatic hydroxyl groups excluding tert-OH is 1. The number of thiophene rings is 1. The normalized spacial score (nSPS) is 14.6. The zero-order valence-electron chi connectivity index (χ0n) is 14.8. The molecular weight excluding hydrogens is 312 g/mol. The lowest BCUT2D eigenvalue weighted by molar-refractivity contribution is 0.0514. The predicted molar refractivity (Wildman–Crippen MR) is 94.7 cm³/mol. The summed E-state index contributed by atoms with van der Waals surface area (Å²) in [7, 11) is 0. The summed E-state index contributed by atoms with van der Waals surface area (Å²) in [5.74, 6) is 0.688. The molecule has 0 saturated heterocycles. The smallest absolute Gasteiger partial charge is 0.407 e. The van der Waals surface area contributed by atoms with Crippen molar-refractivity contribution in [2.75, 3.05) is 19.6 Å². The first-order valence-electron chi connectivity index (χ1n) is 8.06. The molecule has 6 heteroatoms. The lowest BCUT2D eigenvalue weighted by atomic mass is 9.95. The molecule has 2 atom stereocenters. The molecule has 0 aliphatic rings. The van der Waals surface area contributed by atoms with Gasteiger partial charge in [0.15, 0.2) is 0 Å². The molecule has 1 amide bonds. The second-order valence-corrected chi connectivity index (χ2v) is 7.90. The van der Waals surface area contributed by atoms with Gasteiger partial charge in [0.25, 0.3) is 0 Å². The van der Waals surface area contributed by atoms with Crippen molar-refractivity contribution >= 4 is 17.4 Å². The van der Waals surface area contributed by atoms with E-state index in [1.165, 1.54) is 0 Å². The van der Waals surface area contributed by atoms with Crippen molar-refractivity contribution in [3.8, 4) is 0 Å². The number of hydrogen-bond acceptors (Lipinski definition) is 5. The molecule has 1 aromatic rings. The van der Waals surface area contributed by atoms with Crippen LogP contribution in [0.3, 0.4) is 0 Å². The van der Waals surface area contributed by atoms with E-state index >= 15 is 0 Å². The molecule has 0 radical (unpaired) electrons. The molecule has 0 spiro atoms. The van der Waals surface area contributed by atoms with Crippen LogP contribution in [0, 0.1) is 11.8 Å². The fourth-order valence-corrected chi connectivity index (χ4v) is 2.77. The molecule has 0 bridgehead atoms. The lowest BCUT2D eigenvalue weighted by Gasteiger charge is -2.24. The van der Waals surface area contributed by atoms with Gasteiger partial charge < -0.3 is 20.5 Å². The lowest BCUT2D eigenvalue weighted by Crippen LogP contribution is -2.40. The molecule has 0 aliphatic carbocycles. The molecule has 0 aliphatic heterocycles. The van der Waals surface area contributed by atoms with Crippen LogP contribution in [-0.4, -0.2) is 36.4 Å². The van der Waals surface area contributed by atoms with Gasteiger partial charge in [-0.25, -0.2) is 4.79 Å². The molecule has 0 fully saturated rings. The van der Waals surface area contributed by atoms with E-state index in [0.29, 0.717) is 19.0 Å². The van der Waals surface area contributed by atoms with Crippen LogP contribution in [0.4, 0.5) is 4.79 Å². The van der Waals surface area contributed by atoms with Gasteiger partial charge in [0.2, 0.25) is 0 Å². The Balaban J connectivity index is 2.33. The highest BCUT2D eigenvalue weighted by Gasteiger charge is 2.19. The summed E-state index contributed by atoms with van der Waals surface area (Å²) in [6, 6.07) is 1.93. The van der Waals surface area contributed by atoms with Gasteiger partial charge in [0.05, 0.1) is 6.10 Å². The van der Waals surface area contributed by atoms with Gasteiger partial charge >= 0.3 is 6.09 Å². The van der Waals surface area contributed by atoms with Crippen LogP contribution in [0.1, 0.15) is 46.3 Å². The molecule has 132 valence electrons. The monoisotopic (exact) mass is 342 g/mol. The maximum Gasteiger partial charge on any atom is 0.407 e. The predicted octanol–water partition coefficient (Wildman–Crippen LogP) is 3.17. The fraction of sp³-hybridized carbons (Fsp3) is 0.706. The van der Waals surface area contributed by atoms with Gasteiger partial charge in [-0.15, -0.1) is 0 Å². The van der Waals surface area contributed by atoms with Gasteiger partial charge in [-0.05, 0) is 55.0 Å². The first-order valence-corrected chi connectivity index (χ1v) is 9.01. The average molecular weight is 343 g/mol. The van der Waals surface area contributed by atoms with Crippen molar-refractivity contribution in [2.24, 2.45) is 11.8 Å². The highest BCUT2D eigenvalue weighted by atomic mass is 32.1. The summed E-state index contributed by atoms with van der Waals surface area (Å²) >= 11 is 1.58. The van der Waals surface area contributed by atoms with Crippen molar-refractivity contribution < 1.29 is 14.6 Å². The maximum atomic E-state index is 11.7. The third kappa shape index (κ3) is 8.34. The van der Waals surface area contributed by atoms with Crippen LogP contribution in [0.25, 0.3) is 0 Å². The van der Waals surface area contributed by atoms with Gasteiger partial charge in [0, 0.05) is 19.6 Å². The van der Waals surface area contributed by atoms with E-state index in [1.54, 1.807) is 11.3 Å². The quantitative estimate of drug-likeness (QED) is 0.679. The molecule has 5 nitrogen and oxygen atoms in total. The van der Waals surface area contributed by atoms with Crippen molar-refractivity contribution in [2.45, 2.75) is 46.3 Å². The zero-order valence-corrected chi connectivity index (χ0v) is 15.6. The summed E-state index contributed by atoms with van der Waals surface area (Å²) in [6.45, 7) is 11.6. The third-order valence-corrected chi connectivity index (χ3v) is 4.22. The Morgan fingerprint density at radius 3 is 2.52 bits per heavy atom. The number of amides is 1. The topological polar surface area (TPSA) is 70.6 Å². The van der Waals surface area contributed by atoms with Crippen LogP contribution in [0.2, 0.25) is 0 Å². The molecule has 1 aromatic heterocycles.